The van der Waals surface area contributed by atoms with E-state index in [-0.39, 0.29) is 60.9 Å². The molecule has 0 bridgehead atoms. The minimum absolute atomic E-state index is 0.00268. The lowest BCUT2D eigenvalue weighted by Crippen LogP contribution is -2.50. The molecular weight excluding hydrogens is 472 g/mol. The number of aliphatic hydroxyl groups excluding tert-OH is 1. The number of hydrogen-bond acceptors (Lipinski definition) is 5. The highest BCUT2D eigenvalue weighted by Gasteiger charge is 2.33. The minimum Gasteiger partial charge on any atom is -0.488 e. The van der Waals surface area contributed by atoms with E-state index in [0.717, 1.165) is 38.5 Å². The molecule has 0 saturated heterocycles. The number of aliphatic hydroxyl groups is 1. The minimum atomic E-state index is -0.368. The van der Waals surface area contributed by atoms with Gasteiger partial charge in [-0.15, -0.1) is 0 Å². The number of fused-ring (bicyclic) bond motifs is 1. The van der Waals surface area contributed by atoms with Gasteiger partial charge in [0.05, 0.1) is 25.6 Å². The van der Waals surface area contributed by atoms with E-state index in [1.165, 1.54) is 6.42 Å². The molecule has 2 saturated carbocycles. The zero-order valence-corrected chi connectivity index (χ0v) is 22.4. The molecule has 1 aromatic rings. The van der Waals surface area contributed by atoms with Crippen molar-refractivity contribution in [2.45, 2.75) is 83.4 Å². The largest absolute Gasteiger partial charge is 0.488 e. The van der Waals surface area contributed by atoms with Crippen LogP contribution in [0, 0.1) is 11.8 Å². The van der Waals surface area contributed by atoms with E-state index in [9.17, 15) is 19.5 Å². The van der Waals surface area contributed by atoms with Crippen molar-refractivity contribution < 1.29 is 24.2 Å². The summed E-state index contributed by atoms with van der Waals surface area (Å²) in [5.41, 5.74) is 1.32. The number of urea groups is 1. The molecule has 4 amide bonds. The Morgan fingerprint density at radius 1 is 1.19 bits per heavy atom. The summed E-state index contributed by atoms with van der Waals surface area (Å²) in [4.78, 5) is 42.0. The normalized spacial score (nSPS) is 23.6. The monoisotopic (exact) mass is 514 g/mol. The summed E-state index contributed by atoms with van der Waals surface area (Å²) in [6.07, 6.45) is 7.09. The molecule has 3 N–H and O–H groups in total. The van der Waals surface area contributed by atoms with Crippen LogP contribution in [0.2, 0.25) is 0 Å². The maximum Gasteiger partial charge on any atom is 0.317 e. The number of benzene rings is 1. The highest BCUT2D eigenvalue weighted by atomic mass is 16.5. The third kappa shape index (κ3) is 7.15. The summed E-state index contributed by atoms with van der Waals surface area (Å²) in [5, 5.41) is 15.9. The van der Waals surface area contributed by atoms with Crippen molar-refractivity contribution in [2.75, 3.05) is 32.1 Å². The Morgan fingerprint density at radius 3 is 2.59 bits per heavy atom. The third-order valence-electron chi connectivity index (χ3n) is 7.87. The van der Waals surface area contributed by atoms with Gasteiger partial charge in [0, 0.05) is 42.7 Å². The van der Waals surface area contributed by atoms with Gasteiger partial charge in [-0.1, -0.05) is 26.2 Å². The summed E-state index contributed by atoms with van der Waals surface area (Å²) >= 11 is 0. The lowest BCUT2D eigenvalue weighted by molar-refractivity contribution is -0.134. The van der Waals surface area contributed by atoms with Crippen LogP contribution in [0.4, 0.5) is 10.5 Å². The molecule has 9 nitrogen and oxygen atoms in total. The number of nitrogens with one attached hydrogen (secondary N) is 2. The fourth-order valence-corrected chi connectivity index (χ4v) is 5.20. The highest BCUT2D eigenvalue weighted by Crippen LogP contribution is 2.32. The molecular formula is C28H42N4O5. The molecule has 2 aliphatic carbocycles. The Labute approximate surface area is 219 Å². The molecule has 204 valence electrons. The molecule has 1 heterocycles. The first-order chi connectivity index (χ1) is 17.7. The molecule has 2 fully saturated rings. The fraction of sp³-hybridized carbons (Fsp3) is 0.679. The topological polar surface area (TPSA) is 111 Å². The SMILES string of the molecule is C[C@H](CO)N1C[C@H](C)[C@H](CN(C)C(=O)NC2CCCCC2)Oc2ccc(NC(=O)C3CC3)cc2CC1=O. The van der Waals surface area contributed by atoms with Crippen LogP contribution >= 0.6 is 0 Å². The molecule has 9 heteroatoms. The number of nitrogens with zero attached hydrogens (tertiary/aromatic N) is 2. The average Bonchev–Trinajstić information content (AvgIpc) is 3.73. The van der Waals surface area contributed by atoms with Crippen molar-refractivity contribution in [3.63, 3.8) is 0 Å². The van der Waals surface area contributed by atoms with Gasteiger partial charge in [0.25, 0.3) is 0 Å². The molecule has 37 heavy (non-hydrogen) atoms. The molecule has 3 aliphatic rings. The van der Waals surface area contributed by atoms with Gasteiger partial charge < -0.3 is 30.3 Å². The number of anilines is 1. The van der Waals surface area contributed by atoms with Crippen molar-refractivity contribution in [3.05, 3.63) is 23.8 Å². The van der Waals surface area contributed by atoms with Gasteiger partial charge in [0.15, 0.2) is 0 Å². The van der Waals surface area contributed by atoms with E-state index < -0.39 is 0 Å². The number of carbonyl (C=O) groups excluding carboxylic acids is 3. The summed E-state index contributed by atoms with van der Waals surface area (Å²) < 4.78 is 6.49. The van der Waals surface area contributed by atoms with Crippen LogP contribution in [0.5, 0.6) is 5.75 Å². The number of ether oxygens (including phenoxy) is 1. The number of rotatable bonds is 7. The fourth-order valence-electron chi connectivity index (χ4n) is 5.20. The second-order valence-corrected chi connectivity index (χ2v) is 11.1. The van der Waals surface area contributed by atoms with Crippen LogP contribution in [0.15, 0.2) is 18.2 Å². The first kappa shape index (κ1) is 27.2. The second-order valence-electron chi connectivity index (χ2n) is 11.1. The summed E-state index contributed by atoms with van der Waals surface area (Å²) in [5.74, 6) is 0.456. The van der Waals surface area contributed by atoms with Crippen molar-refractivity contribution in [1.82, 2.24) is 15.1 Å². The predicted octanol–water partition coefficient (Wildman–Crippen LogP) is 3.16. The third-order valence-corrected chi connectivity index (χ3v) is 7.87. The van der Waals surface area contributed by atoms with E-state index in [2.05, 4.69) is 10.6 Å². The Morgan fingerprint density at radius 2 is 1.92 bits per heavy atom. The Bertz CT molecular complexity index is 975. The molecule has 1 aromatic carbocycles. The molecule has 0 spiro atoms. The average molecular weight is 515 g/mol. The number of hydrogen-bond donors (Lipinski definition) is 3. The zero-order chi connectivity index (χ0) is 26.5. The molecule has 4 rings (SSSR count). The van der Waals surface area contributed by atoms with Crippen LogP contribution in [0.1, 0.15) is 64.4 Å². The van der Waals surface area contributed by atoms with Crippen LogP contribution in [-0.4, -0.2) is 77.7 Å². The summed E-state index contributed by atoms with van der Waals surface area (Å²) in [6.45, 7) is 4.46. The van der Waals surface area contributed by atoms with Crippen molar-refractivity contribution in [2.24, 2.45) is 11.8 Å². The van der Waals surface area contributed by atoms with Crippen LogP contribution in [0.3, 0.4) is 0 Å². The summed E-state index contributed by atoms with van der Waals surface area (Å²) in [6, 6.07) is 5.17. The second kappa shape index (κ2) is 12.2. The van der Waals surface area contributed by atoms with Crippen LogP contribution in [-0.2, 0) is 16.0 Å². The Balaban J connectivity index is 1.54. The van der Waals surface area contributed by atoms with Crippen molar-refractivity contribution in [3.8, 4) is 5.75 Å². The first-order valence-corrected chi connectivity index (χ1v) is 13.8. The van der Waals surface area contributed by atoms with E-state index in [4.69, 9.17) is 4.74 Å². The quantitative estimate of drug-likeness (QED) is 0.518. The molecule has 3 atom stereocenters. The highest BCUT2D eigenvalue weighted by molar-refractivity contribution is 5.94. The number of carbonyl (C=O) groups is 3. The van der Waals surface area contributed by atoms with Gasteiger partial charge in [0.2, 0.25) is 11.8 Å². The van der Waals surface area contributed by atoms with Gasteiger partial charge in [0.1, 0.15) is 11.9 Å². The summed E-state index contributed by atoms with van der Waals surface area (Å²) in [7, 11) is 1.78. The molecule has 0 aromatic heterocycles. The van der Waals surface area contributed by atoms with E-state index in [0.29, 0.717) is 30.1 Å². The standard InChI is InChI=1S/C28H42N4O5/c1-18-15-32(19(2)17-33)26(34)14-21-13-23(29-27(35)20-9-10-20)11-12-24(21)37-25(18)16-31(3)28(36)30-22-7-5-4-6-8-22/h11-13,18-20,22,25,33H,4-10,14-17H2,1-3H3,(H,29,35)(H,30,36)/t18-,19+,25-/m0/s1. The van der Waals surface area contributed by atoms with Crippen LogP contribution < -0.4 is 15.4 Å². The first-order valence-electron chi connectivity index (χ1n) is 13.8. The van der Waals surface area contributed by atoms with Gasteiger partial charge in [-0.05, 0) is 50.8 Å². The molecule has 0 unspecified atom stereocenters. The lowest BCUT2D eigenvalue weighted by Gasteiger charge is -2.34. The van der Waals surface area contributed by atoms with Crippen molar-refractivity contribution >= 4 is 23.5 Å². The maximum absolute atomic E-state index is 13.3. The lowest BCUT2D eigenvalue weighted by atomic mass is 9.96. The van der Waals surface area contributed by atoms with E-state index in [1.807, 2.05) is 19.9 Å². The van der Waals surface area contributed by atoms with E-state index >= 15 is 0 Å². The van der Waals surface area contributed by atoms with Crippen molar-refractivity contribution in [1.29, 1.82) is 0 Å². The smallest absolute Gasteiger partial charge is 0.317 e. The van der Waals surface area contributed by atoms with Crippen LogP contribution in [0.25, 0.3) is 0 Å². The maximum atomic E-state index is 13.3. The molecule has 1 aliphatic heterocycles. The van der Waals surface area contributed by atoms with Gasteiger partial charge in [-0.25, -0.2) is 4.79 Å². The Kier molecular flexibility index (Phi) is 8.95. The number of amides is 4. The van der Waals surface area contributed by atoms with Gasteiger partial charge >= 0.3 is 6.03 Å². The Hall–Kier alpha value is -2.81. The predicted molar refractivity (Wildman–Crippen MR) is 141 cm³/mol. The molecule has 0 radical (unpaired) electrons. The van der Waals surface area contributed by atoms with Gasteiger partial charge in [-0.2, -0.15) is 0 Å². The zero-order valence-electron chi connectivity index (χ0n) is 22.4. The van der Waals surface area contributed by atoms with Gasteiger partial charge in [-0.3, -0.25) is 9.59 Å². The number of likely N-dealkylation sites (N-methyl/N-ethyl adjacent to an activating group) is 1. The van der Waals surface area contributed by atoms with E-state index in [1.54, 1.807) is 29.0 Å².